The highest BCUT2D eigenvalue weighted by Crippen LogP contribution is 2.37. The molecule has 122 valence electrons. The molecule has 5 nitrogen and oxygen atoms in total. The zero-order valence-corrected chi connectivity index (χ0v) is 13.3. The monoisotopic (exact) mass is 306 g/mol. The molecular formula is C17H26N2O3. The molecule has 0 unspecified atom stereocenters. The molecular weight excluding hydrogens is 280 g/mol. The van der Waals surface area contributed by atoms with Gasteiger partial charge in [0.1, 0.15) is 6.54 Å². The van der Waals surface area contributed by atoms with Crippen LogP contribution in [-0.2, 0) is 14.4 Å². The normalized spacial score (nSPS) is 35.4. The fourth-order valence-corrected chi connectivity index (χ4v) is 4.31. The van der Waals surface area contributed by atoms with Crippen LogP contribution < -0.4 is 5.32 Å². The molecule has 4 atom stereocenters. The molecule has 3 amide bonds. The average Bonchev–Trinajstić information content (AvgIpc) is 2.75. The van der Waals surface area contributed by atoms with Gasteiger partial charge < -0.3 is 5.32 Å². The van der Waals surface area contributed by atoms with Crippen molar-refractivity contribution in [2.45, 2.75) is 64.3 Å². The average molecular weight is 306 g/mol. The van der Waals surface area contributed by atoms with Gasteiger partial charge in [-0.15, -0.1) is 0 Å². The van der Waals surface area contributed by atoms with E-state index in [1.54, 1.807) is 0 Å². The van der Waals surface area contributed by atoms with Crippen LogP contribution in [0.25, 0.3) is 0 Å². The van der Waals surface area contributed by atoms with Gasteiger partial charge in [-0.2, -0.15) is 0 Å². The standard InChI is InChI=1S/C17H26N2O3/c1-11-6-2-5-9-14(11)18-15(20)10-19-16(21)12-7-3-4-8-13(12)17(19)22/h11-14H,2-10H2,1H3,(H,18,20)/t11-,12-,13+,14-/m1/s1. The Hall–Kier alpha value is -1.39. The van der Waals surface area contributed by atoms with Crippen LogP contribution in [0.2, 0.25) is 0 Å². The van der Waals surface area contributed by atoms with Crippen LogP contribution in [0.3, 0.4) is 0 Å². The Morgan fingerprint density at radius 2 is 1.55 bits per heavy atom. The van der Waals surface area contributed by atoms with Crippen LogP contribution in [0.4, 0.5) is 0 Å². The van der Waals surface area contributed by atoms with E-state index in [1.807, 2.05) is 0 Å². The fourth-order valence-electron chi connectivity index (χ4n) is 4.31. The van der Waals surface area contributed by atoms with Crippen molar-refractivity contribution in [2.24, 2.45) is 17.8 Å². The third-order valence-electron chi connectivity index (χ3n) is 5.69. The van der Waals surface area contributed by atoms with Crippen LogP contribution in [-0.4, -0.2) is 35.2 Å². The van der Waals surface area contributed by atoms with E-state index in [0.29, 0.717) is 5.92 Å². The number of imide groups is 1. The summed E-state index contributed by atoms with van der Waals surface area (Å²) in [6.45, 7) is 2.07. The minimum Gasteiger partial charge on any atom is -0.352 e. The Balaban J connectivity index is 1.59. The lowest BCUT2D eigenvalue weighted by Gasteiger charge is -2.30. The van der Waals surface area contributed by atoms with Gasteiger partial charge in [0.05, 0.1) is 11.8 Å². The lowest BCUT2D eigenvalue weighted by Crippen LogP contribution is -2.47. The van der Waals surface area contributed by atoms with Gasteiger partial charge in [-0.3, -0.25) is 19.3 Å². The second-order valence-corrected chi connectivity index (χ2v) is 7.20. The van der Waals surface area contributed by atoms with Crippen molar-refractivity contribution in [1.82, 2.24) is 10.2 Å². The molecule has 1 N–H and O–H groups in total. The lowest BCUT2D eigenvalue weighted by molar-refractivity contribution is -0.143. The Bertz CT molecular complexity index is 453. The van der Waals surface area contributed by atoms with E-state index in [-0.39, 0.29) is 42.1 Å². The van der Waals surface area contributed by atoms with Gasteiger partial charge in [0.25, 0.3) is 0 Å². The fraction of sp³-hybridized carbons (Fsp3) is 0.824. The van der Waals surface area contributed by atoms with Crippen molar-refractivity contribution < 1.29 is 14.4 Å². The number of fused-ring (bicyclic) bond motifs is 1. The van der Waals surface area contributed by atoms with E-state index in [9.17, 15) is 14.4 Å². The Labute approximate surface area is 131 Å². The molecule has 1 aliphatic heterocycles. The molecule has 0 aromatic carbocycles. The number of rotatable bonds is 3. The second kappa shape index (κ2) is 6.39. The maximum Gasteiger partial charge on any atom is 0.240 e. The second-order valence-electron chi connectivity index (χ2n) is 7.20. The summed E-state index contributed by atoms with van der Waals surface area (Å²) in [4.78, 5) is 38.2. The highest BCUT2D eigenvalue weighted by molar-refractivity contribution is 6.07. The number of nitrogens with one attached hydrogen (secondary N) is 1. The summed E-state index contributed by atoms with van der Waals surface area (Å²) < 4.78 is 0. The van der Waals surface area contributed by atoms with Crippen molar-refractivity contribution in [1.29, 1.82) is 0 Å². The molecule has 0 bridgehead atoms. The third-order valence-corrected chi connectivity index (χ3v) is 5.69. The van der Waals surface area contributed by atoms with Gasteiger partial charge in [0, 0.05) is 6.04 Å². The van der Waals surface area contributed by atoms with Crippen LogP contribution in [0, 0.1) is 17.8 Å². The summed E-state index contributed by atoms with van der Waals surface area (Å²) >= 11 is 0. The zero-order chi connectivity index (χ0) is 15.7. The van der Waals surface area contributed by atoms with Gasteiger partial charge in [0.15, 0.2) is 0 Å². The number of carbonyl (C=O) groups is 3. The maximum absolute atomic E-state index is 12.4. The molecule has 0 spiro atoms. The predicted octanol–water partition coefficient (Wildman–Crippen LogP) is 1.86. The first-order valence-electron chi connectivity index (χ1n) is 8.72. The van der Waals surface area contributed by atoms with Crippen molar-refractivity contribution in [3.63, 3.8) is 0 Å². The zero-order valence-electron chi connectivity index (χ0n) is 13.3. The molecule has 3 rings (SSSR count). The summed E-state index contributed by atoms with van der Waals surface area (Å²) in [7, 11) is 0. The van der Waals surface area contributed by atoms with Gasteiger partial charge in [-0.1, -0.05) is 32.6 Å². The van der Waals surface area contributed by atoms with Crippen LogP contribution in [0.1, 0.15) is 58.3 Å². The summed E-state index contributed by atoms with van der Waals surface area (Å²) in [5.41, 5.74) is 0. The van der Waals surface area contributed by atoms with Crippen LogP contribution in [0.5, 0.6) is 0 Å². The first-order valence-corrected chi connectivity index (χ1v) is 8.72. The van der Waals surface area contributed by atoms with Crippen molar-refractivity contribution in [3.05, 3.63) is 0 Å². The number of amides is 3. The molecule has 3 fully saturated rings. The molecule has 0 aromatic heterocycles. The smallest absolute Gasteiger partial charge is 0.240 e. The highest BCUT2D eigenvalue weighted by Gasteiger charge is 2.48. The first kappa shape index (κ1) is 15.5. The molecule has 0 aromatic rings. The lowest BCUT2D eigenvalue weighted by atomic mass is 9.81. The molecule has 1 heterocycles. The first-order chi connectivity index (χ1) is 10.6. The summed E-state index contributed by atoms with van der Waals surface area (Å²) in [6.07, 6.45) is 8.12. The Morgan fingerprint density at radius 3 is 2.14 bits per heavy atom. The molecule has 3 aliphatic rings. The molecule has 0 radical (unpaired) electrons. The molecule has 1 saturated heterocycles. The number of hydrogen-bond donors (Lipinski definition) is 1. The maximum atomic E-state index is 12.4. The minimum absolute atomic E-state index is 0.0894. The van der Waals surface area contributed by atoms with Crippen molar-refractivity contribution >= 4 is 17.7 Å². The van der Waals surface area contributed by atoms with Gasteiger partial charge >= 0.3 is 0 Å². The third kappa shape index (κ3) is 2.90. The topological polar surface area (TPSA) is 66.5 Å². The minimum atomic E-state index is -0.181. The largest absolute Gasteiger partial charge is 0.352 e. The van der Waals surface area contributed by atoms with Crippen LogP contribution >= 0.6 is 0 Å². The SMILES string of the molecule is C[C@@H]1CCCC[C@H]1NC(=O)CN1C(=O)[C@H]2CCCC[C@H]2C1=O. The van der Waals surface area contributed by atoms with E-state index in [4.69, 9.17) is 0 Å². The van der Waals surface area contributed by atoms with Crippen molar-refractivity contribution in [3.8, 4) is 0 Å². The van der Waals surface area contributed by atoms with Crippen LogP contribution in [0.15, 0.2) is 0 Å². The predicted molar refractivity (Wildman–Crippen MR) is 81.7 cm³/mol. The Morgan fingerprint density at radius 1 is 1.00 bits per heavy atom. The van der Waals surface area contributed by atoms with Gasteiger partial charge in [-0.25, -0.2) is 0 Å². The summed E-state index contributed by atoms with van der Waals surface area (Å²) in [5, 5.41) is 3.03. The number of nitrogens with zero attached hydrogens (tertiary/aromatic N) is 1. The summed E-state index contributed by atoms with van der Waals surface area (Å²) in [5.74, 6) is -0.280. The quantitative estimate of drug-likeness (QED) is 0.809. The highest BCUT2D eigenvalue weighted by atomic mass is 16.2. The van der Waals surface area contributed by atoms with E-state index in [1.165, 1.54) is 11.3 Å². The van der Waals surface area contributed by atoms with Gasteiger partial charge in [0.2, 0.25) is 17.7 Å². The number of hydrogen-bond acceptors (Lipinski definition) is 3. The molecule has 2 saturated carbocycles. The van der Waals surface area contributed by atoms with E-state index in [2.05, 4.69) is 12.2 Å². The van der Waals surface area contributed by atoms with E-state index < -0.39 is 0 Å². The Kier molecular flexibility index (Phi) is 4.50. The van der Waals surface area contributed by atoms with Gasteiger partial charge in [-0.05, 0) is 31.6 Å². The van der Waals surface area contributed by atoms with Crippen molar-refractivity contribution in [2.75, 3.05) is 6.54 Å². The molecule has 5 heteroatoms. The van der Waals surface area contributed by atoms with E-state index >= 15 is 0 Å². The number of likely N-dealkylation sites (tertiary alicyclic amines) is 1. The molecule has 22 heavy (non-hydrogen) atoms. The molecule has 2 aliphatic carbocycles. The summed E-state index contributed by atoms with van der Waals surface area (Å²) in [6, 6.07) is 0.191. The van der Waals surface area contributed by atoms with E-state index in [0.717, 1.165) is 44.9 Å². The number of carbonyl (C=O) groups excluding carboxylic acids is 3.